The Hall–Kier alpha value is -2.47. The van der Waals surface area contributed by atoms with Crippen molar-refractivity contribution < 1.29 is 19.0 Å². The summed E-state index contributed by atoms with van der Waals surface area (Å²) >= 11 is 6.57. The van der Waals surface area contributed by atoms with E-state index in [2.05, 4.69) is 35.8 Å². The number of benzene rings is 1. The smallest absolute Gasteiger partial charge is 0.412 e. The number of anilines is 1. The van der Waals surface area contributed by atoms with Gasteiger partial charge in [0.15, 0.2) is 0 Å². The van der Waals surface area contributed by atoms with Gasteiger partial charge < -0.3 is 14.2 Å². The van der Waals surface area contributed by atoms with E-state index in [1.54, 1.807) is 12.3 Å². The fourth-order valence-corrected chi connectivity index (χ4v) is 3.60. The Labute approximate surface area is 170 Å². The third-order valence-corrected chi connectivity index (χ3v) is 4.88. The first-order chi connectivity index (χ1) is 13.4. The SMILES string of the molecule is COC(=O)Nc1cc2c(cn1)COc1c-2ccc(OCC(C)CC(C)C)c1Cl. The molecule has 1 unspecified atom stereocenters. The second-order valence-electron chi connectivity index (χ2n) is 7.43. The van der Waals surface area contributed by atoms with Crippen LogP contribution in [0.15, 0.2) is 24.4 Å². The first kappa shape index (κ1) is 20.3. The van der Waals surface area contributed by atoms with Gasteiger partial charge in [0.25, 0.3) is 0 Å². The van der Waals surface area contributed by atoms with Crippen LogP contribution in [0, 0.1) is 11.8 Å². The second kappa shape index (κ2) is 8.69. The van der Waals surface area contributed by atoms with E-state index in [9.17, 15) is 4.79 Å². The molecule has 6 nitrogen and oxygen atoms in total. The van der Waals surface area contributed by atoms with Crippen LogP contribution >= 0.6 is 11.6 Å². The van der Waals surface area contributed by atoms with Crippen molar-refractivity contribution in [2.24, 2.45) is 11.8 Å². The van der Waals surface area contributed by atoms with Gasteiger partial charge in [-0.15, -0.1) is 0 Å². The van der Waals surface area contributed by atoms with E-state index in [0.29, 0.717) is 47.4 Å². The van der Waals surface area contributed by atoms with Gasteiger partial charge in [0.1, 0.15) is 28.9 Å². The van der Waals surface area contributed by atoms with Crippen LogP contribution < -0.4 is 14.8 Å². The number of nitrogens with one attached hydrogen (secondary N) is 1. The van der Waals surface area contributed by atoms with Crippen LogP contribution in [0.25, 0.3) is 11.1 Å². The van der Waals surface area contributed by atoms with E-state index < -0.39 is 6.09 Å². The summed E-state index contributed by atoms with van der Waals surface area (Å²) in [7, 11) is 1.31. The zero-order chi connectivity index (χ0) is 20.3. The van der Waals surface area contributed by atoms with E-state index >= 15 is 0 Å². The topological polar surface area (TPSA) is 69.7 Å². The summed E-state index contributed by atoms with van der Waals surface area (Å²) in [5.74, 6) is 2.66. The lowest BCUT2D eigenvalue weighted by Crippen LogP contribution is -2.14. The molecule has 150 valence electrons. The van der Waals surface area contributed by atoms with Crippen molar-refractivity contribution in [2.75, 3.05) is 19.0 Å². The maximum absolute atomic E-state index is 11.5. The highest BCUT2D eigenvalue weighted by molar-refractivity contribution is 6.34. The van der Waals surface area contributed by atoms with Gasteiger partial charge in [0.2, 0.25) is 0 Å². The standard InChI is InChI=1S/C21H25ClN2O4/c1-12(2)7-13(3)10-27-17-6-5-15-16-8-18(24-21(25)26-4)23-9-14(16)11-28-20(15)19(17)22/h5-6,8-9,12-13H,7,10-11H2,1-4H3,(H,23,24,25). The van der Waals surface area contributed by atoms with Gasteiger partial charge in [0.05, 0.1) is 13.7 Å². The minimum Gasteiger partial charge on any atom is -0.492 e. The number of rotatable bonds is 6. The summed E-state index contributed by atoms with van der Waals surface area (Å²) < 4.78 is 16.4. The average molecular weight is 405 g/mol. The van der Waals surface area contributed by atoms with Gasteiger partial charge in [-0.2, -0.15) is 0 Å². The third kappa shape index (κ3) is 4.50. The Balaban J connectivity index is 1.84. The summed E-state index contributed by atoms with van der Waals surface area (Å²) in [4.78, 5) is 15.7. The predicted molar refractivity (Wildman–Crippen MR) is 109 cm³/mol. The molecule has 0 aliphatic carbocycles. The lowest BCUT2D eigenvalue weighted by atomic mass is 9.98. The molecule has 2 aromatic rings. The highest BCUT2D eigenvalue weighted by Crippen LogP contribution is 2.46. The molecule has 1 atom stereocenters. The van der Waals surface area contributed by atoms with Crippen molar-refractivity contribution in [2.45, 2.75) is 33.8 Å². The monoisotopic (exact) mass is 404 g/mol. The molecule has 1 aliphatic rings. The summed E-state index contributed by atoms with van der Waals surface area (Å²) in [5, 5.41) is 3.03. The molecule has 7 heteroatoms. The van der Waals surface area contributed by atoms with Crippen molar-refractivity contribution in [1.82, 2.24) is 4.98 Å². The zero-order valence-electron chi connectivity index (χ0n) is 16.5. The first-order valence-corrected chi connectivity index (χ1v) is 9.69. The van der Waals surface area contributed by atoms with Crippen molar-refractivity contribution in [3.63, 3.8) is 0 Å². The molecule has 0 fully saturated rings. The summed E-state index contributed by atoms with van der Waals surface area (Å²) in [6.45, 7) is 7.52. The Bertz CT molecular complexity index is 870. The number of methoxy groups -OCH3 is 1. The molecule has 2 heterocycles. The largest absolute Gasteiger partial charge is 0.492 e. The maximum atomic E-state index is 11.5. The van der Waals surface area contributed by atoms with Gasteiger partial charge in [-0.05, 0) is 42.0 Å². The fraction of sp³-hybridized carbons (Fsp3) is 0.429. The van der Waals surface area contributed by atoms with E-state index in [0.717, 1.165) is 23.1 Å². The van der Waals surface area contributed by atoms with Crippen LogP contribution in [-0.4, -0.2) is 24.8 Å². The quantitative estimate of drug-likeness (QED) is 0.685. The Kier molecular flexibility index (Phi) is 6.29. The summed E-state index contributed by atoms with van der Waals surface area (Å²) in [6, 6.07) is 5.56. The number of ether oxygens (including phenoxy) is 3. The lowest BCUT2D eigenvalue weighted by Gasteiger charge is -2.23. The molecule has 1 aromatic heterocycles. The van der Waals surface area contributed by atoms with Crippen molar-refractivity contribution >= 4 is 23.5 Å². The maximum Gasteiger partial charge on any atom is 0.412 e. The molecule has 28 heavy (non-hydrogen) atoms. The zero-order valence-corrected chi connectivity index (χ0v) is 17.3. The summed E-state index contributed by atoms with van der Waals surface area (Å²) in [6.07, 6.45) is 2.20. The molecule has 1 N–H and O–H groups in total. The molecular formula is C21H25ClN2O4. The predicted octanol–water partition coefficient (Wildman–Crippen LogP) is 5.53. The number of nitrogens with zero attached hydrogens (tertiary/aromatic N) is 1. The van der Waals surface area contributed by atoms with Crippen molar-refractivity contribution in [3.8, 4) is 22.6 Å². The number of aromatic nitrogens is 1. The normalized spacial score (nSPS) is 13.2. The lowest BCUT2D eigenvalue weighted by molar-refractivity contribution is 0.187. The second-order valence-corrected chi connectivity index (χ2v) is 7.81. The number of carbonyl (C=O) groups excluding carboxylic acids is 1. The van der Waals surface area contributed by atoms with Gasteiger partial charge in [-0.3, -0.25) is 5.32 Å². The molecule has 0 saturated heterocycles. The highest BCUT2D eigenvalue weighted by atomic mass is 35.5. The van der Waals surface area contributed by atoms with Crippen molar-refractivity contribution in [3.05, 3.63) is 35.0 Å². The minimum atomic E-state index is -0.572. The van der Waals surface area contributed by atoms with Crippen LogP contribution in [-0.2, 0) is 11.3 Å². The molecule has 0 bridgehead atoms. The van der Waals surface area contributed by atoms with Gasteiger partial charge in [-0.25, -0.2) is 9.78 Å². The number of halogens is 1. The number of hydrogen-bond acceptors (Lipinski definition) is 5. The van der Waals surface area contributed by atoms with Crippen molar-refractivity contribution in [1.29, 1.82) is 0 Å². The fourth-order valence-electron chi connectivity index (χ4n) is 3.33. The molecule has 0 radical (unpaired) electrons. The average Bonchev–Trinajstić information content (AvgIpc) is 2.66. The third-order valence-electron chi connectivity index (χ3n) is 4.52. The molecular weight excluding hydrogens is 380 g/mol. The van der Waals surface area contributed by atoms with Crippen LogP contribution in [0.3, 0.4) is 0 Å². The van der Waals surface area contributed by atoms with Gasteiger partial charge in [-0.1, -0.05) is 32.4 Å². The Morgan fingerprint density at radius 3 is 2.82 bits per heavy atom. The van der Waals surface area contributed by atoms with E-state index in [1.807, 2.05) is 12.1 Å². The number of pyridine rings is 1. The van der Waals surface area contributed by atoms with E-state index in [1.165, 1.54) is 7.11 Å². The first-order valence-electron chi connectivity index (χ1n) is 9.31. The van der Waals surface area contributed by atoms with E-state index in [-0.39, 0.29) is 0 Å². The molecule has 0 spiro atoms. The minimum absolute atomic E-state index is 0.348. The summed E-state index contributed by atoms with van der Waals surface area (Å²) in [5.41, 5.74) is 2.66. The van der Waals surface area contributed by atoms with Crippen LogP contribution in [0.1, 0.15) is 32.8 Å². The van der Waals surface area contributed by atoms with Crippen LogP contribution in [0.5, 0.6) is 11.5 Å². The van der Waals surface area contributed by atoms with Crippen LogP contribution in [0.2, 0.25) is 5.02 Å². The molecule has 0 saturated carbocycles. The molecule has 1 aliphatic heterocycles. The Morgan fingerprint density at radius 2 is 2.11 bits per heavy atom. The Morgan fingerprint density at radius 1 is 1.32 bits per heavy atom. The van der Waals surface area contributed by atoms with Gasteiger partial charge >= 0.3 is 6.09 Å². The highest BCUT2D eigenvalue weighted by Gasteiger charge is 2.23. The number of carbonyl (C=O) groups is 1. The number of fused-ring (bicyclic) bond motifs is 3. The molecule has 1 amide bonds. The molecule has 1 aromatic carbocycles. The molecule has 3 rings (SSSR count). The van der Waals surface area contributed by atoms with E-state index in [4.69, 9.17) is 21.1 Å². The van der Waals surface area contributed by atoms with Gasteiger partial charge in [0, 0.05) is 17.3 Å². The number of amides is 1. The number of hydrogen-bond donors (Lipinski definition) is 1. The van der Waals surface area contributed by atoms with Crippen LogP contribution in [0.4, 0.5) is 10.6 Å².